The van der Waals surface area contributed by atoms with Crippen LogP contribution in [-0.2, 0) is 9.47 Å². The number of thiazole rings is 2. The summed E-state index contributed by atoms with van der Waals surface area (Å²) in [4.78, 5) is 34.2. The summed E-state index contributed by atoms with van der Waals surface area (Å²) in [5, 5.41) is 1.99. The second-order valence-corrected chi connectivity index (χ2v) is 10.2. The van der Waals surface area contributed by atoms with E-state index in [1.807, 2.05) is 6.92 Å². The van der Waals surface area contributed by atoms with Gasteiger partial charge in [-0.15, -0.1) is 22.7 Å². The summed E-state index contributed by atoms with van der Waals surface area (Å²) in [6.45, 7) is 2.63. The van der Waals surface area contributed by atoms with Crippen LogP contribution < -0.4 is 0 Å². The van der Waals surface area contributed by atoms with E-state index in [4.69, 9.17) is 9.47 Å². The second kappa shape index (κ2) is 10.5. The molecule has 6 nitrogen and oxygen atoms in total. The molecule has 2 aliphatic rings. The molecule has 4 rings (SSSR count). The SMILES string of the molecule is CCOC(=O)c1cnc(C2CCC(CCCOC(=O)c3cnc(C4=CCCC4)s3)C2)s1. The molecular formula is C23H28N2O4S2. The minimum Gasteiger partial charge on any atom is -0.462 e. The van der Waals surface area contributed by atoms with Crippen LogP contribution in [0.3, 0.4) is 0 Å². The van der Waals surface area contributed by atoms with Crippen molar-refractivity contribution >= 4 is 40.2 Å². The van der Waals surface area contributed by atoms with E-state index in [2.05, 4.69) is 16.0 Å². The fourth-order valence-electron chi connectivity index (χ4n) is 4.32. The quantitative estimate of drug-likeness (QED) is 0.344. The molecule has 0 aliphatic heterocycles. The van der Waals surface area contributed by atoms with E-state index < -0.39 is 0 Å². The van der Waals surface area contributed by atoms with E-state index in [9.17, 15) is 9.59 Å². The van der Waals surface area contributed by atoms with E-state index >= 15 is 0 Å². The number of aromatic nitrogens is 2. The fraction of sp³-hybridized carbons (Fsp3) is 0.565. The first-order valence-corrected chi connectivity index (χ1v) is 12.7. The van der Waals surface area contributed by atoms with Crippen LogP contribution in [0, 0.1) is 5.92 Å². The molecule has 1 saturated carbocycles. The fourth-order valence-corrected chi connectivity index (χ4v) is 6.16. The van der Waals surface area contributed by atoms with Gasteiger partial charge in [-0.25, -0.2) is 19.6 Å². The van der Waals surface area contributed by atoms with Crippen LogP contribution in [0.25, 0.3) is 5.57 Å². The van der Waals surface area contributed by atoms with Gasteiger partial charge in [0.15, 0.2) is 0 Å². The molecule has 8 heteroatoms. The zero-order valence-corrected chi connectivity index (χ0v) is 19.4. The summed E-state index contributed by atoms with van der Waals surface area (Å²) in [5.41, 5.74) is 1.26. The van der Waals surface area contributed by atoms with E-state index in [0.29, 0.717) is 34.8 Å². The summed E-state index contributed by atoms with van der Waals surface area (Å²) in [6.07, 6.45) is 14.1. The average molecular weight is 461 g/mol. The standard InChI is InChI=1S/C23H28N2O4S2/c1-2-28-22(26)18-13-25-21(31-18)17-10-9-15(12-17)6-5-11-29-23(27)19-14-24-20(30-19)16-7-3-4-8-16/h7,13-15,17H,2-6,8-12H2,1H3. The van der Waals surface area contributed by atoms with Gasteiger partial charge in [-0.1, -0.05) is 6.08 Å². The van der Waals surface area contributed by atoms with Crippen LogP contribution in [-0.4, -0.2) is 35.1 Å². The molecule has 2 aliphatic carbocycles. The van der Waals surface area contributed by atoms with Crippen molar-refractivity contribution in [3.05, 3.63) is 38.2 Å². The Kier molecular flexibility index (Phi) is 7.50. The van der Waals surface area contributed by atoms with Crippen molar-refractivity contribution in [2.45, 2.75) is 64.2 Å². The molecule has 0 radical (unpaired) electrons. The number of carbonyl (C=O) groups excluding carboxylic acids is 2. The zero-order valence-electron chi connectivity index (χ0n) is 17.8. The zero-order chi connectivity index (χ0) is 21.6. The van der Waals surface area contributed by atoms with Crippen LogP contribution in [0.1, 0.15) is 93.6 Å². The monoisotopic (exact) mass is 460 g/mol. The molecular weight excluding hydrogens is 432 g/mol. The maximum absolute atomic E-state index is 12.3. The Hall–Kier alpha value is -2.06. The van der Waals surface area contributed by atoms with Gasteiger partial charge in [0.1, 0.15) is 14.8 Å². The highest BCUT2D eigenvalue weighted by Gasteiger charge is 2.28. The summed E-state index contributed by atoms with van der Waals surface area (Å²) in [5.74, 6) is 0.487. The lowest BCUT2D eigenvalue weighted by Crippen LogP contribution is -2.06. The number of rotatable bonds is 9. The first-order valence-electron chi connectivity index (χ1n) is 11.1. The number of hydrogen-bond acceptors (Lipinski definition) is 8. The van der Waals surface area contributed by atoms with Crippen molar-refractivity contribution in [3.8, 4) is 0 Å². The smallest absolute Gasteiger partial charge is 0.349 e. The Morgan fingerprint density at radius 1 is 1.10 bits per heavy atom. The van der Waals surface area contributed by atoms with Crippen molar-refractivity contribution in [1.82, 2.24) is 9.97 Å². The van der Waals surface area contributed by atoms with Crippen LogP contribution in [0.15, 0.2) is 18.5 Å². The molecule has 2 unspecified atom stereocenters. The molecule has 0 aromatic carbocycles. The van der Waals surface area contributed by atoms with Crippen molar-refractivity contribution in [1.29, 1.82) is 0 Å². The third-order valence-corrected chi connectivity index (χ3v) is 8.10. The van der Waals surface area contributed by atoms with Crippen molar-refractivity contribution in [3.63, 3.8) is 0 Å². The summed E-state index contributed by atoms with van der Waals surface area (Å²) in [6, 6.07) is 0. The van der Waals surface area contributed by atoms with Gasteiger partial charge in [-0.3, -0.25) is 0 Å². The minimum atomic E-state index is -0.282. The predicted molar refractivity (Wildman–Crippen MR) is 122 cm³/mol. The molecule has 0 bridgehead atoms. The Bertz CT molecular complexity index is 949. The number of allylic oxidation sites excluding steroid dienone is 2. The molecule has 2 atom stereocenters. The van der Waals surface area contributed by atoms with Crippen LogP contribution >= 0.6 is 22.7 Å². The lowest BCUT2D eigenvalue weighted by atomic mass is 10.0. The Balaban J connectivity index is 1.17. The van der Waals surface area contributed by atoms with Crippen LogP contribution in [0.5, 0.6) is 0 Å². The molecule has 31 heavy (non-hydrogen) atoms. The van der Waals surface area contributed by atoms with E-state index in [1.165, 1.54) is 34.7 Å². The molecule has 2 aromatic rings. The molecule has 0 amide bonds. The highest BCUT2D eigenvalue weighted by atomic mass is 32.1. The second-order valence-electron chi connectivity index (χ2n) is 8.09. The number of carbonyl (C=O) groups is 2. The van der Waals surface area contributed by atoms with E-state index in [-0.39, 0.29) is 11.9 Å². The lowest BCUT2D eigenvalue weighted by molar-refractivity contribution is 0.0496. The van der Waals surface area contributed by atoms with Crippen LogP contribution in [0.2, 0.25) is 0 Å². The Morgan fingerprint density at radius 2 is 1.90 bits per heavy atom. The van der Waals surface area contributed by atoms with Gasteiger partial charge in [0.2, 0.25) is 0 Å². The summed E-state index contributed by atoms with van der Waals surface area (Å²) >= 11 is 2.89. The van der Waals surface area contributed by atoms with Gasteiger partial charge in [0, 0.05) is 5.92 Å². The van der Waals surface area contributed by atoms with Crippen molar-refractivity contribution < 1.29 is 19.1 Å². The van der Waals surface area contributed by atoms with Gasteiger partial charge in [-0.05, 0) is 69.8 Å². The van der Waals surface area contributed by atoms with Gasteiger partial charge in [0.05, 0.1) is 30.6 Å². The maximum Gasteiger partial charge on any atom is 0.349 e. The number of nitrogens with zero attached hydrogens (tertiary/aromatic N) is 2. The Morgan fingerprint density at radius 3 is 2.71 bits per heavy atom. The average Bonchev–Trinajstić information content (AvgIpc) is 3.56. The van der Waals surface area contributed by atoms with Gasteiger partial charge in [0.25, 0.3) is 0 Å². The molecule has 0 N–H and O–H groups in total. The first-order chi connectivity index (χ1) is 15.1. The van der Waals surface area contributed by atoms with Gasteiger partial charge in [-0.2, -0.15) is 0 Å². The number of hydrogen-bond donors (Lipinski definition) is 0. The molecule has 1 fully saturated rings. The normalized spacial score (nSPS) is 20.6. The van der Waals surface area contributed by atoms with Gasteiger partial charge >= 0.3 is 11.9 Å². The third kappa shape index (κ3) is 5.60. The summed E-state index contributed by atoms with van der Waals surface area (Å²) < 4.78 is 10.5. The number of ether oxygens (including phenoxy) is 2. The van der Waals surface area contributed by atoms with E-state index in [1.54, 1.807) is 12.4 Å². The molecule has 0 spiro atoms. The van der Waals surface area contributed by atoms with Gasteiger partial charge < -0.3 is 9.47 Å². The maximum atomic E-state index is 12.3. The molecule has 2 heterocycles. The minimum absolute atomic E-state index is 0.263. The largest absolute Gasteiger partial charge is 0.462 e. The predicted octanol–water partition coefficient (Wildman–Crippen LogP) is 5.86. The number of esters is 2. The van der Waals surface area contributed by atoms with Crippen LogP contribution in [0.4, 0.5) is 0 Å². The van der Waals surface area contributed by atoms with Crippen molar-refractivity contribution in [2.75, 3.05) is 13.2 Å². The molecule has 2 aromatic heterocycles. The third-order valence-electron chi connectivity index (χ3n) is 5.90. The Labute approximate surface area is 190 Å². The lowest BCUT2D eigenvalue weighted by Gasteiger charge is -2.10. The highest BCUT2D eigenvalue weighted by molar-refractivity contribution is 7.14. The molecule has 0 saturated heterocycles. The summed E-state index contributed by atoms with van der Waals surface area (Å²) in [7, 11) is 0. The molecule has 166 valence electrons. The van der Waals surface area contributed by atoms with Crippen molar-refractivity contribution in [2.24, 2.45) is 5.92 Å². The first kappa shape index (κ1) is 22.1. The van der Waals surface area contributed by atoms with E-state index in [0.717, 1.165) is 55.0 Å². The highest BCUT2D eigenvalue weighted by Crippen LogP contribution is 2.41. The topological polar surface area (TPSA) is 78.4 Å².